The summed E-state index contributed by atoms with van der Waals surface area (Å²) in [7, 11) is 0. The first kappa shape index (κ1) is 17.2. The summed E-state index contributed by atoms with van der Waals surface area (Å²) in [5.41, 5.74) is 2.11. The molecule has 0 bridgehead atoms. The number of hydrogen-bond acceptors (Lipinski definition) is 5. The van der Waals surface area contributed by atoms with Gasteiger partial charge in [0.05, 0.1) is 28.4 Å². The van der Waals surface area contributed by atoms with Gasteiger partial charge in [0.15, 0.2) is 0 Å². The van der Waals surface area contributed by atoms with Crippen LogP contribution in [0.1, 0.15) is 6.92 Å². The van der Waals surface area contributed by atoms with Crippen molar-refractivity contribution in [2.45, 2.75) is 13.5 Å². The molecule has 0 aliphatic carbocycles. The molecule has 0 unspecified atom stereocenters. The molecule has 8 heteroatoms. The van der Waals surface area contributed by atoms with Crippen LogP contribution >= 0.6 is 11.3 Å². The van der Waals surface area contributed by atoms with Crippen LogP contribution in [-0.2, 0) is 11.3 Å². The maximum Gasteiger partial charge on any atom is 0.266 e. The third-order valence-corrected chi connectivity index (χ3v) is 5.06. The molecular formula is C19H17N5O2S. The number of hydrogen-bond donors (Lipinski definition) is 2. The normalized spacial score (nSPS) is 12.2. The van der Waals surface area contributed by atoms with Gasteiger partial charge in [-0.05, 0) is 29.6 Å². The molecule has 0 fully saturated rings. The van der Waals surface area contributed by atoms with Crippen LogP contribution in [0.15, 0.2) is 58.7 Å². The van der Waals surface area contributed by atoms with E-state index < -0.39 is 5.92 Å². The number of nitrogens with zero attached hydrogens (tertiary/aromatic N) is 3. The number of anilines is 1. The largest absolute Gasteiger partial charge is 0.324 e. The Kier molecular flexibility index (Phi) is 4.55. The summed E-state index contributed by atoms with van der Waals surface area (Å²) in [5.74, 6) is -0.299. The van der Waals surface area contributed by atoms with Gasteiger partial charge in [-0.2, -0.15) is 5.10 Å². The highest BCUT2D eigenvalue weighted by Crippen LogP contribution is 2.21. The Morgan fingerprint density at radius 2 is 2.07 bits per heavy atom. The van der Waals surface area contributed by atoms with Crippen LogP contribution in [0, 0.1) is 5.92 Å². The molecule has 0 saturated carbocycles. The number of imidazole rings is 1. The fourth-order valence-electron chi connectivity index (χ4n) is 2.73. The second kappa shape index (κ2) is 7.16. The third-order valence-electron chi connectivity index (χ3n) is 4.17. The Morgan fingerprint density at radius 3 is 2.85 bits per heavy atom. The van der Waals surface area contributed by atoms with Crippen LogP contribution in [0.5, 0.6) is 0 Å². The van der Waals surface area contributed by atoms with Gasteiger partial charge < -0.3 is 4.98 Å². The topological polar surface area (TPSA) is 92.7 Å². The highest BCUT2D eigenvalue weighted by Gasteiger charge is 2.17. The summed E-state index contributed by atoms with van der Waals surface area (Å²) in [6.45, 7) is 1.94. The number of carbonyl (C=O) groups excluding carboxylic acids is 1. The molecule has 3 aromatic heterocycles. The Balaban J connectivity index is 1.49. The van der Waals surface area contributed by atoms with E-state index in [1.807, 2.05) is 41.8 Å². The average Bonchev–Trinajstić information content (AvgIpc) is 3.32. The molecule has 0 saturated heterocycles. The number of para-hydroxylation sites is 2. The molecule has 7 nitrogen and oxygen atoms in total. The first-order valence-corrected chi connectivity index (χ1v) is 9.36. The highest BCUT2D eigenvalue weighted by molar-refractivity contribution is 7.13. The zero-order chi connectivity index (χ0) is 18.8. The van der Waals surface area contributed by atoms with E-state index in [2.05, 4.69) is 20.4 Å². The van der Waals surface area contributed by atoms with Crippen molar-refractivity contribution in [2.75, 3.05) is 5.32 Å². The van der Waals surface area contributed by atoms with Crippen molar-refractivity contribution in [3.8, 4) is 10.6 Å². The molecule has 3 heterocycles. The molecule has 0 radical (unpaired) electrons. The van der Waals surface area contributed by atoms with Crippen LogP contribution in [0.2, 0.25) is 0 Å². The molecule has 1 aromatic carbocycles. The van der Waals surface area contributed by atoms with E-state index >= 15 is 0 Å². The van der Waals surface area contributed by atoms with Crippen molar-refractivity contribution in [3.63, 3.8) is 0 Å². The summed E-state index contributed by atoms with van der Waals surface area (Å²) in [4.78, 5) is 33.0. The predicted octanol–water partition coefficient (Wildman–Crippen LogP) is 3.12. The van der Waals surface area contributed by atoms with E-state index in [0.29, 0.717) is 5.95 Å². The fourth-order valence-corrected chi connectivity index (χ4v) is 3.42. The highest BCUT2D eigenvalue weighted by atomic mass is 32.1. The second-order valence-corrected chi connectivity index (χ2v) is 7.16. The fraction of sp³-hybridized carbons (Fsp3) is 0.158. The van der Waals surface area contributed by atoms with Crippen molar-refractivity contribution in [2.24, 2.45) is 5.92 Å². The minimum Gasteiger partial charge on any atom is -0.324 e. The third kappa shape index (κ3) is 3.65. The summed E-state index contributed by atoms with van der Waals surface area (Å²) >= 11 is 1.55. The zero-order valence-corrected chi connectivity index (χ0v) is 15.4. The molecule has 0 aliphatic heterocycles. The van der Waals surface area contributed by atoms with Crippen molar-refractivity contribution >= 4 is 34.2 Å². The first-order chi connectivity index (χ1) is 13.1. The molecule has 1 amide bonds. The lowest BCUT2D eigenvalue weighted by Crippen LogP contribution is -2.31. The number of aromatic amines is 1. The maximum absolute atomic E-state index is 12.5. The molecule has 1 atom stereocenters. The van der Waals surface area contributed by atoms with Gasteiger partial charge in [-0.1, -0.05) is 25.1 Å². The van der Waals surface area contributed by atoms with E-state index in [1.54, 1.807) is 24.3 Å². The summed E-state index contributed by atoms with van der Waals surface area (Å²) in [6, 6.07) is 14.6. The van der Waals surface area contributed by atoms with E-state index in [4.69, 9.17) is 0 Å². The Hall–Kier alpha value is -3.26. The van der Waals surface area contributed by atoms with Gasteiger partial charge in [-0.25, -0.2) is 9.67 Å². The van der Waals surface area contributed by atoms with E-state index in [1.165, 1.54) is 10.7 Å². The van der Waals surface area contributed by atoms with Gasteiger partial charge in [-0.15, -0.1) is 11.3 Å². The number of amides is 1. The Labute approximate surface area is 158 Å². The monoisotopic (exact) mass is 379 g/mol. The number of rotatable bonds is 5. The van der Waals surface area contributed by atoms with E-state index in [-0.39, 0.29) is 18.0 Å². The smallest absolute Gasteiger partial charge is 0.266 e. The minimum atomic E-state index is -0.456. The number of nitrogens with one attached hydrogen (secondary N) is 2. The van der Waals surface area contributed by atoms with Crippen molar-refractivity contribution in [3.05, 3.63) is 64.3 Å². The van der Waals surface area contributed by atoms with Crippen molar-refractivity contribution < 1.29 is 4.79 Å². The Morgan fingerprint density at radius 1 is 1.22 bits per heavy atom. The first-order valence-electron chi connectivity index (χ1n) is 8.48. The van der Waals surface area contributed by atoms with Crippen molar-refractivity contribution in [1.82, 2.24) is 19.7 Å². The average molecular weight is 379 g/mol. The van der Waals surface area contributed by atoms with Gasteiger partial charge in [0.2, 0.25) is 11.9 Å². The van der Waals surface area contributed by atoms with Gasteiger partial charge in [-0.3, -0.25) is 14.9 Å². The molecule has 0 spiro atoms. The lowest BCUT2D eigenvalue weighted by Gasteiger charge is -2.12. The number of fused-ring (bicyclic) bond motifs is 1. The van der Waals surface area contributed by atoms with Crippen LogP contribution < -0.4 is 10.9 Å². The molecular weight excluding hydrogens is 362 g/mol. The number of carbonyl (C=O) groups is 1. The summed E-state index contributed by atoms with van der Waals surface area (Å²) in [5, 5.41) is 9.11. The lowest BCUT2D eigenvalue weighted by atomic mass is 10.1. The molecule has 136 valence electrons. The Bertz CT molecular complexity index is 1110. The number of benzene rings is 1. The van der Waals surface area contributed by atoms with Crippen molar-refractivity contribution in [1.29, 1.82) is 0 Å². The standard InChI is InChI=1S/C19H17N5O2S/c1-12(18(26)22-19-20-13-5-2-3-6-14(13)21-19)11-24-17(25)9-8-15(23-24)16-7-4-10-27-16/h2-10,12H,11H2,1H3,(H2,20,21,22,26)/t12-/m0/s1. The molecule has 27 heavy (non-hydrogen) atoms. The maximum atomic E-state index is 12.5. The SMILES string of the molecule is C[C@@H](Cn1nc(-c2cccs2)ccc1=O)C(=O)Nc1nc2ccccc2[nH]1. The van der Waals surface area contributed by atoms with E-state index in [0.717, 1.165) is 21.6 Å². The van der Waals surface area contributed by atoms with Gasteiger partial charge in [0, 0.05) is 6.07 Å². The quantitative estimate of drug-likeness (QED) is 0.557. The molecule has 2 N–H and O–H groups in total. The van der Waals surface area contributed by atoms with E-state index in [9.17, 15) is 9.59 Å². The van der Waals surface area contributed by atoms with Crippen LogP contribution in [0.3, 0.4) is 0 Å². The second-order valence-electron chi connectivity index (χ2n) is 6.21. The molecule has 4 rings (SSSR count). The summed E-state index contributed by atoms with van der Waals surface area (Å²) in [6.07, 6.45) is 0. The molecule has 4 aromatic rings. The number of H-pyrrole nitrogens is 1. The zero-order valence-electron chi connectivity index (χ0n) is 14.5. The van der Waals surface area contributed by atoms with Crippen LogP contribution in [0.25, 0.3) is 21.6 Å². The predicted molar refractivity (Wildman–Crippen MR) is 106 cm³/mol. The van der Waals surface area contributed by atoms with Gasteiger partial charge >= 0.3 is 0 Å². The van der Waals surface area contributed by atoms with Crippen LogP contribution in [0.4, 0.5) is 5.95 Å². The van der Waals surface area contributed by atoms with Crippen LogP contribution in [-0.4, -0.2) is 25.7 Å². The minimum absolute atomic E-state index is 0.185. The van der Waals surface area contributed by atoms with Gasteiger partial charge in [0.1, 0.15) is 5.69 Å². The number of aromatic nitrogens is 4. The lowest BCUT2D eigenvalue weighted by molar-refractivity contribution is -0.119. The van der Waals surface area contributed by atoms with Gasteiger partial charge in [0.25, 0.3) is 5.56 Å². The molecule has 0 aliphatic rings. The summed E-state index contributed by atoms with van der Waals surface area (Å²) < 4.78 is 1.33. The number of thiophene rings is 1.